The van der Waals surface area contributed by atoms with Crippen molar-refractivity contribution in [2.45, 2.75) is 77.4 Å². The van der Waals surface area contributed by atoms with Crippen LogP contribution in [0.5, 0.6) is 0 Å². The Bertz CT molecular complexity index is 664. The molecule has 1 fully saturated rings. The van der Waals surface area contributed by atoms with Gasteiger partial charge >= 0.3 is 6.18 Å². The smallest absolute Gasteiger partial charge is 0.387 e. The van der Waals surface area contributed by atoms with Crippen LogP contribution in [-0.2, 0) is 6.18 Å². The highest BCUT2D eigenvalue weighted by atomic mass is 19.4. The number of nitrogens with one attached hydrogen (secondary N) is 1. The number of allylic oxidation sites excluding steroid dienone is 2. The van der Waals surface area contributed by atoms with E-state index in [1.807, 2.05) is 19.9 Å². The first kappa shape index (κ1) is 24.8. The van der Waals surface area contributed by atoms with Gasteiger partial charge in [0.2, 0.25) is 0 Å². The van der Waals surface area contributed by atoms with Gasteiger partial charge in [-0.25, -0.2) is 4.99 Å². The molecule has 1 aliphatic carbocycles. The van der Waals surface area contributed by atoms with Gasteiger partial charge < -0.3 is 11.1 Å². The van der Waals surface area contributed by atoms with Crippen molar-refractivity contribution in [3.05, 3.63) is 59.9 Å². The molecule has 1 saturated carbocycles. The van der Waals surface area contributed by atoms with Crippen LogP contribution in [0.2, 0.25) is 0 Å². The fraction of sp³-hybridized carbons (Fsp3) is 0.522. The van der Waals surface area contributed by atoms with Crippen LogP contribution in [0.25, 0.3) is 0 Å². The predicted molar refractivity (Wildman–Crippen MR) is 116 cm³/mol. The van der Waals surface area contributed by atoms with Gasteiger partial charge in [-0.05, 0) is 50.5 Å². The van der Waals surface area contributed by atoms with Gasteiger partial charge in [-0.3, -0.25) is 0 Å². The number of benzene rings is 1. The Labute approximate surface area is 173 Å². The number of nitrogens with two attached hydrogens (primary N) is 1. The Kier molecular flexibility index (Phi) is 10.6. The summed E-state index contributed by atoms with van der Waals surface area (Å²) < 4.78 is 38.1. The predicted octanol–water partition coefficient (Wildman–Crippen LogP) is 6.53. The second-order valence-electron chi connectivity index (χ2n) is 7.45. The molecule has 1 aromatic carbocycles. The van der Waals surface area contributed by atoms with Crippen LogP contribution < -0.4 is 11.1 Å². The molecule has 3 N–H and O–H groups in total. The second kappa shape index (κ2) is 12.3. The molecule has 0 spiro atoms. The molecule has 0 bridgehead atoms. The van der Waals surface area contributed by atoms with E-state index in [0.717, 1.165) is 30.5 Å². The van der Waals surface area contributed by atoms with E-state index in [-0.39, 0.29) is 5.92 Å². The number of halogens is 3. The minimum atomic E-state index is -4.31. The largest absolute Gasteiger partial charge is 0.416 e. The van der Waals surface area contributed by atoms with E-state index in [1.54, 1.807) is 13.0 Å². The number of aliphatic imine (C=N–C) groups is 1. The first-order valence-corrected chi connectivity index (χ1v) is 10.2. The zero-order valence-corrected chi connectivity index (χ0v) is 17.7. The fourth-order valence-corrected chi connectivity index (χ4v) is 3.25. The minimum absolute atomic E-state index is 0.0753. The second-order valence-corrected chi connectivity index (χ2v) is 7.45. The van der Waals surface area contributed by atoms with E-state index in [4.69, 9.17) is 5.73 Å². The molecule has 3 nitrogen and oxygen atoms in total. The molecule has 1 aromatic rings. The highest BCUT2D eigenvalue weighted by molar-refractivity contribution is 5.78. The maximum atomic E-state index is 12.7. The summed E-state index contributed by atoms with van der Waals surface area (Å²) in [6.45, 7) is 8.92. The standard InChI is InChI=1S/C20H28F3N3.C3H6/c1-14(16-9-11-17(12-10-16)20(21,22)23)13-19(25-15(2)24)26-18-7-5-3-4-6-8-18;1-3-2/h9-14,18,26H,3-8H2,1-2H3,(H2,24,25);3H,1H2,2H3/b19-13+;. The molecule has 0 radical (unpaired) electrons. The lowest BCUT2D eigenvalue weighted by Crippen LogP contribution is -2.28. The molecule has 0 amide bonds. The highest BCUT2D eigenvalue weighted by Gasteiger charge is 2.30. The van der Waals surface area contributed by atoms with Gasteiger partial charge in [-0.2, -0.15) is 13.2 Å². The van der Waals surface area contributed by atoms with Gasteiger partial charge in [-0.15, -0.1) is 6.58 Å². The Morgan fingerprint density at radius 1 is 1.17 bits per heavy atom. The SMILES string of the molecule is C/C(N)=N\C(=C/C(C)c1ccc(C(F)(F)F)cc1)NC1CCCCCC1.C=CC. The van der Waals surface area contributed by atoms with Crippen LogP contribution in [0.15, 0.2) is 53.8 Å². The minimum Gasteiger partial charge on any atom is -0.387 e. The van der Waals surface area contributed by atoms with Gasteiger partial charge in [0, 0.05) is 12.0 Å². The lowest BCUT2D eigenvalue weighted by atomic mass is 9.99. The van der Waals surface area contributed by atoms with Gasteiger partial charge in [-0.1, -0.05) is 50.8 Å². The summed E-state index contributed by atoms with van der Waals surface area (Å²) in [6.07, 6.45) is 6.50. The summed E-state index contributed by atoms with van der Waals surface area (Å²) in [4.78, 5) is 4.39. The van der Waals surface area contributed by atoms with E-state index in [2.05, 4.69) is 16.9 Å². The third-order valence-electron chi connectivity index (χ3n) is 4.68. The molecule has 162 valence electrons. The van der Waals surface area contributed by atoms with Crippen molar-refractivity contribution in [1.82, 2.24) is 5.32 Å². The van der Waals surface area contributed by atoms with Crippen LogP contribution in [0.4, 0.5) is 13.2 Å². The van der Waals surface area contributed by atoms with Crippen LogP contribution in [0, 0.1) is 0 Å². The third kappa shape index (κ3) is 9.68. The third-order valence-corrected chi connectivity index (χ3v) is 4.68. The van der Waals surface area contributed by atoms with Crippen LogP contribution in [0.1, 0.15) is 76.3 Å². The summed E-state index contributed by atoms with van der Waals surface area (Å²) in [5.41, 5.74) is 5.93. The summed E-state index contributed by atoms with van der Waals surface area (Å²) in [7, 11) is 0. The van der Waals surface area contributed by atoms with Crippen LogP contribution >= 0.6 is 0 Å². The summed E-state index contributed by atoms with van der Waals surface area (Å²) in [6, 6.07) is 5.65. The van der Waals surface area contributed by atoms with E-state index >= 15 is 0 Å². The molecule has 0 aromatic heterocycles. The molecule has 1 unspecified atom stereocenters. The summed E-state index contributed by atoms with van der Waals surface area (Å²) in [5, 5.41) is 3.48. The summed E-state index contributed by atoms with van der Waals surface area (Å²) in [5.74, 6) is 1.08. The Balaban J connectivity index is 0.00000132. The summed E-state index contributed by atoms with van der Waals surface area (Å²) >= 11 is 0. The quantitative estimate of drug-likeness (QED) is 0.251. The van der Waals surface area contributed by atoms with Gasteiger partial charge in [0.1, 0.15) is 5.82 Å². The molecule has 0 heterocycles. The highest BCUT2D eigenvalue weighted by Crippen LogP contribution is 2.30. The maximum Gasteiger partial charge on any atom is 0.416 e. The van der Waals surface area contributed by atoms with Gasteiger partial charge in [0.25, 0.3) is 0 Å². The molecule has 1 aliphatic rings. The number of rotatable bonds is 5. The lowest BCUT2D eigenvalue weighted by Gasteiger charge is -2.19. The van der Waals surface area contributed by atoms with E-state index in [1.165, 1.54) is 37.8 Å². The fourth-order valence-electron chi connectivity index (χ4n) is 3.25. The first-order chi connectivity index (χ1) is 13.7. The molecule has 0 aliphatic heterocycles. The number of amidine groups is 1. The number of nitrogens with zero attached hydrogens (tertiary/aromatic N) is 1. The molecule has 6 heteroatoms. The van der Waals surface area contributed by atoms with Crippen molar-refractivity contribution in [3.8, 4) is 0 Å². The average molecular weight is 410 g/mol. The van der Waals surface area contributed by atoms with Gasteiger partial charge in [0.15, 0.2) is 0 Å². The van der Waals surface area contributed by atoms with E-state index in [0.29, 0.717) is 17.7 Å². The van der Waals surface area contributed by atoms with Crippen molar-refractivity contribution in [1.29, 1.82) is 0 Å². The maximum absolute atomic E-state index is 12.7. The normalized spacial score (nSPS) is 17.6. The van der Waals surface area contributed by atoms with E-state index < -0.39 is 11.7 Å². The molecule has 2 rings (SSSR count). The number of hydrogen-bond donors (Lipinski definition) is 2. The average Bonchev–Trinajstić information content (AvgIpc) is 2.90. The van der Waals surface area contributed by atoms with Crippen molar-refractivity contribution in [2.75, 3.05) is 0 Å². The first-order valence-electron chi connectivity index (χ1n) is 10.2. The molecule has 1 atom stereocenters. The zero-order valence-electron chi connectivity index (χ0n) is 17.7. The topological polar surface area (TPSA) is 50.4 Å². The Hall–Kier alpha value is -2.24. The van der Waals surface area contributed by atoms with Crippen molar-refractivity contribution < 1.29 is 13.2 Å². The lowest BCUT2D eigenvalue weighted by molar-refractivity contribution is -0.137. The van der Waals surface area contributed by atoms with E-state index in [9.17, 15) is 13.2 Å². The molecular weight excluding hydrogens is 375 g/mol. The van der Waals surface area contributed by atoms with Crippen LogP contribution in [0.3, 0.4) is 0 Å². The van der Waals surface area contributed by atoms with Crippen molar-refractivity contribution in [2.24, 2.45) is 10.7 Å². The number of alkyl halides is 3. The number of hydrogen-bond acceptors (Lipinski definition) is 2. The molecule has 29 heavy (non-hydrogen) atoms. The Morgan fingerprint density at radius 3 is 2.14 bits per heavy atom. The Morgan fingerprint density at radius 2 is 1.69 bits per heavy atom. The van der Waals surface area contributed by atoms with Crippen molar-refractivity contribution >= 4 is 5.84 Å². The van der Waals surface area contributed by atoms with Crippen LogP contribution in [-0.4, -0.2) is 11.9 Å². The monoisotopic (exact) mass is 409 g/mol. The zero-order chi connectivity index (χ0) is 21.9. The molecule has 0 saturated heterocycles. The van der Waals surface area contributed by atoms with Gasteiger partial charge in [0.05, 0.1) is 11.4 Å². The molecular formula is C23H34F3N3. The van der Waals surface area contributed by atoms with Crippen molar-refractivity contribution in [3.63, 3.8) is 0 Å².